The molecular formula is C14H20Cl2FN3O. The van der Waals surface area contributed by atoms with Gasteiger partial charge in [0.25, 0.3) is 0 Å². The van der Waals surface area contributed by atoms with E-state index in [-0.39, 0.29) is 23.3 Å². The second kappa shape index (κ2) is 8.54. The Hall–Kier alpha value is -0.880. The molecule has 0 radical (unpaired) electrons. The summed E-state index contributed by atoms with van der Waals surface area (Å²) in [4.78, 5) is 14.1. The maximum absolute atomic E-state index is 12.9. The molecule has 2 N–H and O–H groups in total. The standard InChI is InChI=1S/C14H19ClFN3O.ClH/c1-17-11-3-2-6-19(8-11)9-14(20)18-13-5-4-10(16)7-12(13)15;/h4-5,7,11,17H,2-3,6,8-9H2,1H3,(H,18,20);1H. The van der Waals surface area contributed by atoms with Crippen LogP contribution in [0.15, 0.2) is 18.2 Å². The van der Waals surface area contributed by atoms with Crippen LogP contribution in [0.5, 0.6) is 0 Å². The predicted octanol–water partition coefficient (Wildman–Crippen LogP) is 2.52. The lowest BCUT2D eigenvalue weighted by atomic mass is 10.1. The summed E-state index contributed by atoms with van der Waals surface area (Å²) in [6, 6.07) is 4.38. The van der Waals surface area contributed by atoms with Crippen molar-refractivity contribution in [3.05, 3.63) is 29.0 Å². The monoisotopic (exact) mass is 335 g/mol. The third-order valence-electron chi connectivity index (χ3n) is 3.49. The molecule has 1 aromatic carbocycles. The molecule has 4 nitrogen and oxygen atoms in total. The van der Waals surface area contributed by atoms with Crippen LogP contribution in [0, 0.1) is 5.82 Å². The van der Waals surface area contributed by atoms with Gasteiger partial charge < -0.3 is 10.6 Å². The fourth-order valence-electron chi connectivity index (χ4n) is 2.42. The quantitative estimate of drug-likeness (QED) is 0.888. The highest BCUT2D eigenvalue weighted by Crippen LogP contribution is 2.22. The minimum atomic E-state index is -0.416. The van der Waals surface area contributed by atoms with Gasteiger partial charge >= 0.3 is 0 Å². The van der Waals surface area contributed by atoms with Crippen LogP contribution in [0.3, 0.4) is 0 Å². The number of likely N-dealkylation sites (N-methyl/N-ethyl adjacent to an activating group) is 1. The van der Waals surface area contributed by atoms with Gasteiger partial charge in [-0.2, -0.15) is 0 Å². The molecule has 0 aliphatic carbocycles. The second-order valence-corrected chi connectivity index (χ2v) is 5.44. The number of carbonyl (C=O) groups excluding carboxylic acids is 1. The molecule has 1 saturated heterocycles. The van der Waals surface area contributed by atoms with Crippen LogP contribution in [0.25, 0.3) is 0 Å². The third kappa shape index (κ3) is 5.43. The van der Waals surface area contributed by atoms with E-state index in [0.717, 1.165) is 25.9 Å². The number of nitrogens with one attached hydrogen (secondary N) is 2. The van der Waals surface area contributed by atoms with Crippen LogP contribution in [0.4, 0.5) is 10.1 Å². The van der Waals surface area contributed by atoms with Gasteiger partial charge in [-0.25, -0.2) is 4.39 Å². The first kappa shape index (κ1) is 18.2. The van der Waals surface area contributed by atoms with E-state index in [9.17, 15) is 9.18 Å². The molecule has 0 aromatic heterocycles. The maximum Gasteiger partial charge on any atom is 0.238 e. The van der Waals surface area contributed by atoms with Crippen molar-refractivity contribution in [1.82, 2.24) is 10.2 Å². The van der Waals surface area contributed by atoms with E-state index in [4.69, 9.17) is 11.6 Å². The fraction of sp³-hybridized carbons (Fsp3) is 0.500. The first-order chi connectivity index (χ1) is 9.58. The largest absolute Gasteiger partial charge is 0.324 e. The second-order valence-electron chi connectivity index (χ2n) is 5.04. The van der Waals surface area contributed by atoms with Gasteiger partial charge in [-0.3, -0.25) is 9.69 Å². The van der Waals surface area contributed by atoms with Crippen molar-refractivity contribution in [1.29, 1.82) is 0 Å². The molecule has 0 spiro atoms. The Balaban J connectivity index is 0.00000220. The summed E-state index contributed by atoms with van der Waals surface area (Å²) in [6.07, 6.45) is 2.22. The fourth-order valence-corrected chi connectivity index (χ4v) is 2.63. The van der Waals surface area contributed by atoms with E-state index >= 15 is 0 Å². The van der Waals surface area contributed by atoms with Crippen LogP contribution in [-0.4, -0.2) is 43.5 Å². The van der Waals surface area contributed by atoms with Crippen molar-refractivity contribution in [2.24, 2.45) is 0 Å². The molecule has 7 heteroatoms. The molecule has 1 amide bonds. The zero-order chi connectivity index (χ0) is 14.5. The van der Waals surface area contributed by atoms with Crippen molar-refractivity contribution in [2.75, 3.05) is 32.0 Å². The number of hydrogen-bond acceptors (Lipinski definition) is 3. The molecule has 2 rings (SSSR count). The summed E-state index contributed by atoms with van der Waals surface area (Å²) in [5, 5.41) is 6.17. The number of carbonyl (C=O) groups is 1. The summed E-state index contributed by atoms with van der Waals surface area (Å²) in [6.45, 7) is 2.11. The third-order valence-corrected chi connectivity index (χ3v) is 3.80. The lowest BCUT2D eigenvalue weighted by molar-refractivity contribution is -0.117. The van der Waals surface area contributed by atoms with Crippen LogP contribution in [-0.2, 0) is 4.79 Å². The zero-order valence-corrected chi connectivity index (χ0v) is 13.4. The molecule has 1 heterocycles. The number of hydrogen-bond donors (Lipinski definition) is 2. The number of rotatable bonds is 4. The number of anilines is 1. The highest BCUT2D eigenvalue weighted by Gasteiger charge is 2.20. The SMILES string of the molecule is CNC1CCCN(CC(=O)Nc2ccc(F)cc2Cl)C1.Cl. The lowest BCUT2D eigenvalue weighted by Gasteiger charge is -2.31. The molecule has 1 aromatic rings. The normalized spacial score (nSPS) is 18.9. The summed E-state index contributed by atoms with van der Waals surface area (Å²) in [7, 11) is 1.94. The van der Waals surface area contributed by atoms with E-state index in [1.54, 1.807) is 0 Å². The molecule has 1 aliphatic heterocycles. The minimum absolute atomic E-state index is 0. The molecule has 1 fully saturated rings. The number of likely N-dealkylation sites (tertiary alicyclic amines) is 1. The Labute approximate surface area is 135 Å². The van der Waals surface area contributed by atoms with Crippen molar-refractivity contribution < 1.29 is 9.18 Å². The summed E-state index contributed by atoms with van der Waals surface area (Å²) >= 11 is 5.88. The van der Waals surface area contributed by atoms with Gasteiger partial charge in [-0.15, -0.1) is 12.4 Å². The van der Waals surface area contributed by atoms with Crippen molar-refractivity contribution in [2.45, 2.75) is 18.9 Å². The number of benzene rings is 1. The first-order valence-corrected chi connectivity index (χ1v) is 7.11. The van der Waals surface area contributed by atoms with Gasteiger partial charge in [0.15, 0.2) is 0 Å². The Bertz CT molecular complexity index is 487. The minimum Gasteiger partial charge on any atom is -0.324 e. The Morgan fingerprint density at radius 1 is 1.52 bits per heavy atom. The van der Waals surface area contributed by atoms with Crippen LogP contribution >= 0.6 is 24.0 Å². The molecule has 0 bridgehead atoms. The van der Waals surface area contributed by atoms with E-state index in [0.29, 0.717) is 18.3 Å². The lowest BCUT2D eigenvalue weighted by Crippen LogP contribution is -2.46. The summed E-state index contributed by atoms with van der Waals surface area (Å²) in [5.41, 5.74) is 0.445. The van der Waals surface area contributed by atoms with E-state index in [1.165, 1.54) is 18.2 Å². The molecule has 118 valence electrons. The zero-order valence-electron chi connectivity index (χ0n) is 11.9. The Morgan fingerprint density at radius 3 is 2.95 bits per heavy atom. The predicted molar refractivity (Wildman–Crippen MR) is 85.8 cm³/mol. The Kier molecular flexibility index (Phi) is 7.39. The number of halogens is 3. The summed E-state index contributed by atoms with van der Waals surface area (Å²) in [5.74, 6) is -0.545. The highest BCUT2D eigenvalue weighted by molar-refractivity contribution is 6.33. The molecule has 21 heavy (non-hydrogen) atoms. The van der Waals surface area contributed by atoms with Gasteiger partial charge in [0.2, 0.25) is 5.91 Å². The molecule has 1 aliphatic rings. The number of amides is 1. The topological polar surface area (TPSA) is 44.4 Å². The summed E-state index contributed by atoms with van der Waals surface area (Å²) < 4.78 is 12.9. The van der Waals surface area contributed by atoms with Crippen LogP contribution in [0.2, 0.25) is 5.02 Å². The van der Waals surface area contributed by atoms with Crippen molar-refractivity contribution in [3.63, 3.8) is 0 Å². The van der Waals surface area contributed by atoms with E-state index in [1.807, 2.05) is 7.05 Å². The van der Waals surface area contributed by atoms with Crippen molar-refractivity contribution in [3.8, 4) is 0 Å². The van der Waals surface area contributed by atoms with Gasteiger partial charge in [0.1, 0.15) is 5.82 Å². The smallest absolute Gasteiger partial charge is 0.238 e. The molecule has 0 saturated carbocycles. The molecular weight excluding hydrogens is 316 g/mol. The maximum atomic E-state index is 12.9. The highest BCUT2D eigenvalue weighted by atomic mass is 35.5. The first-order valence-electron chi connectivity index (χ1n) is 6.73. The van der Waals surface area contributed by atoms with Gasteiger partial charge in [-0.05, 0) is 44.6 Å². The van der Waals surface area contributed by atoms with Crippen molar-refractivity contribution >= 4 is 35.6 Å². The van der Waals surface area contributed by atoms with Gasteiger partial charge in [0, 0.05) is 12.6 Å². The number of nitrogens with zero attached hydrogens (tertiary/aromatic N) is 1. The van der Waals surface area contributed by atoms with Crippen LogP contribution < -0.4 is 10.6 Å². The van der Waals surface area contributed by atoms with E-state index < -0.39 is 5.82 Å². The van der Waals surface area contributed by atoms with Gasteiger partial charge in [0.05, 0.1) is 17.3 Å². The number of piperidine rings is 1. The molecule has 1 atom stereocenters. The van der Waals surface area contributed by atoms with E-state index in [2.05, 4.69) is 15.5 Å². The molecule has 1 unspecified atom stereocenters. The average molecular weight is 336 g/mol. The Morgan fingerprint density at radius 2 is 2.29 bits per heavy atom. The average Bonchev–Trinajstić information content (AvgIpc) is 2.42. The van der Waals surface area contributed by atoms with Crippen LogP contribution in [0.1, 0.15) is 12.8 Å². The van der Waals surface area contributed by atoms with Gasteiger partial charge in [-0.1, -0.05) is 11.6 Å².